The minimum Gasteiger partial charge on any atom is -0.484 e. The average molecular weight is 355 g/mol. The van der Waals surface area contributed by atoms with Crippen LogP contribution in [0.2, 0.25) is 0 Å². The van der Waals surface area contributed by atoms with Crippen LogP contribution >= 0.6 is 0 Å². The van der Waals surface area contributed by atoms with Gasteiger partial charge in [0.15, 0.2) is 6.61 Å². The van der Waals surface area contributed by atoms with Crippen LogP contribution in [0.4, 0.5) is 5.69 Å². The molecule has 2 aromatic rings. The molecule has 0 saturated heterocycles. The predicted octanol–water partition coefficient (Wildman–Crippen LogP) is 4.07. The first kappa shape index (κ1) is 19.5. The molecule has 2 aromatic carbocycles. The molecule has 5 heteroatoms. The van der Waals surface area contributed by atoms with Crippen LogP contribution < -0.4 is 9.64 Å². The first-order valence-electron chi connectivity index (χ1n) is 8.69. The molecule has 5 nitrogen and oxygen atoms in total. The van der Waals surface area contributed by atoms with Crippen LogP contribution in [0.3, 0.4) is 0 Å². The van der Waals surface area contributed by atoms with Crippen molar-refractivity contribution in [1.29, 1.82) is 0 Å². The summed E-state index contributed by atoms with van der Waals surface area (Å²) in [5.74, 6) is 0.0170. The summed E-state index contributed by atoms with van der Waals surface area (Å²) < 4.78 is 10.7. The molecule has 0 radical (unpaired) electrons. The van der Waals surface area contributed by atoms with E-state index in [9.17, 15) is 9.59 Å². The minimum atomic E-state index is -0.377. The lowest BCUT2D eigenvalue weighted by Crippen LogP contribution is -2.40. The number of para-hydroxylation sites is 1. The third-order valence-corrected chi connectivity index (χ3v) is 3.61. The van der Waals surface area contributed by atoms with Crippen molar-refractivity contribution in [2.24, 2.45) is 0 Å². The summed E-state index contributed by atoms with van der Waals surface area (Å²) in [7, 11) is 0. The van der Waals surface area contributed by atoms with Crippen LogP contribution in [0.1, 0.15) is 38.1 Å². The molecule has 0 unspecified atom stereocenters. The molecule has 0 aliphatic rings. The zero-order chi connectivity index (χ0) is 19.1. The molecule has 0 atom stereocenters. The molecular weight excluding hydrogens is 330 g/mol. The van der Waals surface area contributed by atoms with Crippen molar-refractivity contribution in [3.8, 4) is 5.75 Å². The Labute approximate surface area is 154 Å². The Hall–Kier alpha value is -2.82. The summed E-state index contributed by atoms with van der Waals surface area (Å²) >= 11 is 0. The van der Waals surface area contributed by atoms with Gasteiger partial charge in [0.25, 0.3) is 5.91 Å². The zero-order valence-corrected chi connectivity index (χ0v) is 15.6. The van der Waals surface area contributed by atoms with Gasteiger partial charge in [-0.15, -0.1) is 0 Å². The number of anilines is 1. The van der Waals surface area contributed by atoms with Gasteiger partial charge >= 0.3 is 5.97 Å². The van der Waals surface area contributed by atoms with Gasteiger partial charge in [0.2, 0.25) is 0 Å². The highest BCUT2D eigenvalue weighted by atomic mass is 16.5. The Bertz CT molecular complexity index is 723. The van der Waals surface area contributed by atoms with Gasteiger partial charge in [-0.05, 0) is 64.1 Å². The van der Waals surface area contributed by atoms with Gasteiger partial charge in [-0.25, -0.2) is 4.79 Å². The highest BCUT2D eigenvalue weighted by Crippen LogP contribution is 2.18. The second kappa shape index (κ2) is 9.04. The first-order valence-corrected chi connectivity index (χ1v) is 8.69. The van der Waals surface area contributed by atoms with Crippen molar-refractivity contribution in [2.45, 2.75) is 39.8 Å². The second-order valence-electron chi connectivity index (χ2n) is 6.46. The monoisotopic (exact) mass is 355 g/mol. The van der Waals surface area contributed by atoms with E-state index in [0.717, 1.165) is 5.69 Å². The molecule has 2 rings (SSSR count). The summed E-state index contributed by atoms with van der Waals surface area (Å²) in [6.45, 7) is 7.44. The zero-order valence-electron chi connectivity index (χ0n) is 15.6. The molecule has 0 aliphatic carbocycles. The van der Waals surface area contributed by atoms with Crippen LogP contribution in [0.5, 0.6) is 5.75 Å². The summed E-state index contributed by atoms with van der Waals surface area (Å²) in [6.07, 6.45) is -0.170. The number of benzene rings is 2. The molecule has 0 bridgehead atoms. The molecule has 0 saturated carbocycles. The fourth-order valence-electron chi connectivity index (χ4n) is 2.50. The van der Waals surface area contributed by atoms with Gasteiger partial charge in [0.05, 0.1) is 11.7 Å². The number of hydrogen-bond acceptors (Lipinski definition) is 4. The number of amides is 1. The van der Waals surface area contributed by atoms with Gasteiger partial charge in [-0.3, -0.25) is 4.79 Å². The number of esters is 1. The van der Waals surface area contributed by atoms with E-state index < -0.39 is 0 Å². The average Bonchev–Trinajstić information content (AvgIpc) is 2.60. The molecule has 0 heterocycles. The maximum absolute atomic E-state index is 12.6. The SMILES string of the molecule is CC(C)OC(=O)c1ccc(OCC(=O)N(c2ccccc2)C(C)C)cc1. The van der Waals surface area contributed by atoms with Crippen molar-refractivity contribution in [3.05, 3.63) is 60.2 Å². The Kier molecular flexibility index (Phi) is 6.78. The van der Waals surface area contributed by atoms with Gasteiger partial charge in [0, 0.05) is 11.7 Å². The van der Waals surface area contributed by atoms with E-state index in [1.807, 2.05) is 44.2 Å². The maximum Gasteiger partial charge on any atom is 0.338 e. The van der Waals surface area contributed by atoms with E-state index in [-0.39, 0.29) is 30.6 Å². The quantitative estimate of drug-likeness (QED) is 0.703. The lowest BCUT2D eigenvalue weighted by Gasteiger charge is -2.26. The van der Waals surface area contributed by atoms with Crippen LogP contribution in [0.15, 0.2) is 54.6 Å². The number of rotatable bonds is 7. The minimum absolute atomic E-state index is 0.0154. The lowest BCUT2D eigenvalue weighted by atomic mass is 10.2. The number of hydrogen-bond donors (Lipinski definition) is 0. The Balaban J connectivity index is 1.99. The second-order valence-corrected chi connectivity index (χ2v) is 6.46. The van der Waals surface area contributed by atoms with Crippen LogP contribution in [-0.4, -0.2) is 30.6 Å². The van der Waals surface area contributed by atoms with Crippen molar-refractivity contribution in [2.75, 3.05) is 11.5 Å². The van der Waals surface area contributed by atoms with Crippen LogP contribution in [-0.2, 0) is 9.53 Å². The van der Waals surface area contributed by atoms with Crippen LogP contribution in [0, 0.1) is 0 Å². The number of carbonyl (C=O) groups is 2. The normalized spacial score (nSPS) is 10.7. The number of carbonyl (C=O) groups excluding carboxylic acids is 2. The molecule has 0 spiro atoms. The van der Waals surface area contributed by atoms with Gasteiger partial charge in [0.1, 0.15) is 5.75 Å². The molecule has 26 heavy (non-hydrogen) atoms. The van der Waals surface area contributed by atoms with E-state index in [0.29, 0.717) is 11.3 Å². The Morgan fingerprint density at radius 1 is 0.923 bits per heavy atom. The summed E-state index contributed by atoms with van der Waals surface area (Å²) in [4.78, 5) is 26.1. The van der Waals surface area contributed by atoms with Crippen LogP contribution in [0.25, 0.3) is 0 Å². The molecule has 0 N–H and O–H groups in total. The maximum atomic E-state index is 12.6. The van der Waals surface area contributed by atoms with E-state index in [2.05, 4.69) is 0 Å². The molecule has 0 aliphatic heterocycles. The molecule has 138 valence electrons. The smallest absolute Gasteiger partial charge is 0.338 e. The Morgan fingerprint density at radius 2 is 1.54 bits per heavy atom. The lowest BCUT2D eigenvalue weighted by molar-refractivity contribution is -0.120. The van der Waals surface area contributed by atoms with E-state index >= 15 is 0 Å². The third-order valence-electron chi connectivity index (χ3n) is 3.61. The van der Waals surface area contributed by atoms with Crippen molar-refractivity contribution in [3.63, 3.8) is 0 Å². The molecular formula is C21H25NO4. The number of nitrogens with zero attached hydrogens (tertiary/aromatic N) is 1. The van der Waals surface area contributed by atoms with Crippen molar-refractivity contribution < 1.29 is 19.1 Å². The van der Waals surface area contributed by atoms with Crippen molar-refractivity contribution >= 4 is 17.6 Å². The predicted molar refractivity (Wildman–Crippen MR) is 102 cm³/mol. The fourth-order valence-corrected chi connectivity index (χ4v) is 2.50. The first-order chi connectivity index (χ1) is 12.4. The third kappa shape index (κ3) is 5.34. The molecule has 0 aromatic heterocycles. The van der Waals surface area contributed by atoms with E-state index in [1.54, 1.807) is 43.0 Å². The summed E-state index contributed by atoms with van der Waals surface area (Å²) in [5.41, 5.74) is 1.29. The highest BCUT2D eigenvalue weighted by Gasteiger charge is 2.19. The van der Waals surface area contributed by atoms with E-state index in [1.165, 1.54) is 0 Å². The standard InChI is InChI=1S/C21H25NO4/c1-15(2)22(18-8-6-5-7-9-18)20(23)14-25-19-12-10-17(11-13-19)21(24)26-16(3)4/h5-13,15-16H,14H2,1-4H3. The molecule has 0 fully saturated rings. The van der Waals surface area contributed by atoms with Crippen molar-refractivity contribution in [1.82, 2.24) is 0 Å². The Morgan fingerprint density at radius 3 is 2.08 bits per heavy atom. The highest BCUT2D eigenvalue weighted by molar-refractivity contribution is 5.95. The topological polar surface area (TPSA) is 55.8 Å². The van der Waals surface area contributed by atoms with Gasteiger partial charge in [-0.1, -0.05) is 18.2 Å². The van der Waals surface area contributed by atoms with E-state index in [4.69, 9.17) is 9.47 Å². The number of ether oxygens (including phenoxy) is 2. The largest absolute Gasteiger partial charge is 0.484 e. The molecule has 1 amide bonds. The fraction of sp³-hybridized carbons (Fsp3) is 0.333. The van der Waals surface area contributed by atoms with Gasteiger partial charge < -0.3 is 14.4 Å². The summed E-state index contributed by atoms with van der Waals surface area (Å²) in [6, 6.07) is 16.1. The van der Waals surface area contributed by atoms with Gasteiger partial charge in [-0.2, -0.15) is 0 Å². The summed E-state index contributed by atoms with van der Waals surface area (Å²) in [5, 5.41) is 0.